The first-order valence-electron chi connectivity index (χ1n) is 7.64. The number of carbonyl (C=O) groups is 1. The lowest BCUT2D eigenvalue weighted by atomic mass is 9.86. The summed E-state index contributed by atoms with van der Waals surface area (Å²) in [5.74, 6) is 0.680. The molecular formula is C15H25NO2. The van der Waals surface area contributed by atoms with Gasteiger partial charge in [-0.3, -0.25) is 9.69 Å². The average Bonchev–Trinajstić information content (AvgIpc) is 2.80. The normalized spacial score (nSPS) is 44.4. The van der Waals surface area contributed by atoms with Crippen molar-refractivity contribution in [3.05, 3.63) is 0 Å². The van der Waals surface area contributed by atoms with Gasteiger partial charge in [-0.15, -0.1) is 0 Å². The van der Waals surface area contributed by atoms with Gasteiger partial charge in [0, 0.05) is 24.5 Å². The van der Waals surface area contributed by atoms with E-state index in [9.17, 15) is 4.79 Å². The van der Waals surface area contributed by atoms with E-state index in [-0.39, 0.29) is 0 Å². The first kappa shape index (κ1) is 12.5. The molecule has 2 saturated heterocycles. The lowest BCUT2D eigenvalue weighted by Gasteiger charge is -2.43. The monoisotopic (exact) mass is 251 g/mol. The van der Waals surface area contributed by atoms with Crippen LogP contribution in [0, 0.1) is 11.8 Å². The van der Waals surface area contributed by atoms with Crippen LogP contribution >= 0.6 is 0 Å². The quantitative estimate of drug-likeness (QED) is 0.838. The largest absolute Gasteiger partial charge is 0.481 e. The predicted molar refractivity (Wildman–Crippen MR) is 70.4 cm³/mol. The number of nitrogens with zero attached hydrogens (tertiary/aromatic N) is 1. The number of hydrogen-bond donors (Lipinski definition) is 1. The van der Waals surface area contributed by atoms with E-state index in [2.05, 4.69) is 11.8 Å². The zero-order valence-corrected chi connectivity index (χ0v) is 11.3. The average molecular weight is 251 g/mol. The van der Waals surface area contributed by atoms with Crippen molar-refractivity contribution in [1.82, 2.24) is 4.90 Å². The molecule has 0 aromatic carbocycles. The summed E-state index contributed by atoms with van der Waals surface area (Å²) in [5.41, 5.74) is 0. The van der Waals surface area contributed by atoms with E-state index in [1.54, 1.807) is 0 Å². The van der Waals surface area contributed by atoms with Gasteiger partial charge in [-0.1, -0.05) is 13.3 Å². The minimum atomic E-state index is -0.609. The summed E-state index contributed by atoms with van der Waals surface area (Å²) in [6.07, 6.45) is 9.42. The zero-order chi connectivity index (χ0) is 12.7. The predicted octanol–water partition coefficient (Wildman–Crippen LogP) is 2.89. The van der Waals surface area contributed by atoms with Gasteiger partial charge in [-0.25, -0.2) is 0 Å². The van der Waals surface area contributed by atoms with Gasteiger partial charge in [0.25, 0.3) is 0 Å². The van der Waals surface area contributed by atoms with E-state index in [0.717, 1.165) is 24.8 Å². The van der Waals surface area contributed by atoms with E-state index in [0.29, 0.717) is 24.4 Å². The van der Waals surface area contributed by atoms with Crippen LogP contribution < -0.4 is 0 Å². The Bertz CT molecular complexity index is 316. The van der Waals surface area contributed by atoms with Crippen LogP contribution in [0.4, 0.5) is 0 Å². The Labute approximate surface area is 110 Å². The number of carboxylic acids is 1. The highest BCUT2D eigenvalue weighted by Crippen LogP contribution is 2.45. The van der Waals surface area contributed by atoms with Crippen molar-refractivity contribution in [2.24, 2.45) is 11.8 Å². The number of aliphatic carboxylic acids is 1. The molecule has 0 spiro atoms. The summed E-state index contributed by atoms with van der Waals surface area (Å²) in [6.45, 7) is 2.40. The summed E-state index contributed by atoms with van der Waals surface area (Å²) in [5, 5.41) is 8.96. The summed E-state index contributed by atoms with van der Waals surface area (Å²) >= 11 is 0. The van der Waals surface area contributed by atoms with Gasteiger partial charge in [-0.2, -0.15) is 0 Å². The van der Waals surface area contributed by atoms with Gasteiger partial charge in [0.2, 0.25) is 0 Å². The van der Waals surface area contributed by atoms with Crippen LogP contribution in [0.3, 0.4) is 0 Å². The fourth-order valence-electron chi connectivity index (χ4n) is 4.85. The minimum absolute atomic E-state index is 0.390. The Morgan fingerprint density at radius 1 is 1.17 bits per heavy atom. The van der Waals surface area contributed by atoms with Crippen molar-refractivity contribution in [3.63, 3.8) is 0 Å². The molecule has 3 heteroatoms. The molecule has 1 aliphatic carbocycles. The Morgan fingerprint density at radius 3 is 2.33 bits per heavy atom. The maximum atomic E-state index is 10.9. The molecule has 2 heterocycles. The van der Waals surface area contributed by atoms with E-state index in [4.69, 9.17) is 5.11 Å². The Hall–Kier alpha value is -0.570. The third-order valence-electron chi connectivity index (χ3n) is 5.55. The standard InChI is InChI=1S/C15H25NO2/c1-10-3-2-4-14(10)16-12-5-6-13(16)8-11(7-12)9-15(17)18/h10-14H,2-9H2,1H3,(H,17,18). The molecule has 18 heavy (non-hydrogen) atoms. The number of carboxylic acid groups (broad SMARTS) is 1. The molecule has 3 rings (SSSR count). The smallest absolute Gasteiger partial charge is 0.303 e. The maximum Gasteiger partial charge on any atom is 0.303 e. The van der Waals surface area contributed by atoms with Crippen LogP contribution in [-0.2, 0) is 4.79 Å². The highest BCUT2D eigenvalue weighted by molar-refractivity contribution is 5.67. The van der Waals surface area contributed by atoms with Crippen LogP contribution in [-0.4, -0.2) is 34.1 Å². The van der Waals surface area contributed by atoms with Gasteiger partial charge in [-0.05, 0) is 50.4 Å². The molecule has 3 fully saturated rings. The van der Waals surface area contributed by atoms with Gasteiger partial charge in [0.1, 0.15) is 0 Å². The molecule has 2 aliphatic heterocycles. The maximum absolute atomic E-state index is 10.9. The van der Waals surface area contributed by atoms with Crippen molar-refractivity contribution in [3.8, 4) is 0 Å². The molecule has 3 aliphatic rings. The summed E-state index contributed by atoms with van der Waals surface area (Å²) in [4.78, 5) is 13.7. The highest BCUT2D eigenvalue weighted by atomic mass is 16.4. The topological polar surface area (TPSA) is 40.5 Å². The number of hydrogen-bond acceptors (Lipinski definition) is 2. The Morgan fingerprint density at radius 2 is 1.83 bits per heavy atom. The molecular weight excluding hydrogens is 226 g/mol. The molecule has 0 aromatic rings. The minimum Gasteiger partial charge on any atom is -0.481 e. The van der Waals surface area contributed by atoms with E-state index in [1.807, 2.05) is 0 Å². The van der Waals surface area contributed by atoms with Gasteiger partial charge in [0.05, 0.1) is 0 Å². The van der Waals surface area contributed by atoms with Crippen molar-refractivity contribution >= 4 is 5.97 Å². The second-order valence-corrected chi connectivity index (χ2v) is 6.74. The Balaban J connectivity index is 1.67. The van der Waals surface area contributed by atoms with Crippen molar-refractivity contribution < 1.29 is 9.90 Å². The molecule has 4 unspecified atom stereocenters. The van der Waals surface area contributed by atoms with Crippen molar-refractivity contribution in [2.75, 3.05) is 0 Å². The van der Waals surface area contributed by atoms with Crippen LogP contribution in [0.1, 0.15) is 58.3 Å². The van der Waals surface area contributed by atoms with Crippen LogP contribution in [0.2, 0.25) is 0 Å². The number of piperidine rings is 1. The zero-order valence-electron chi connectivity index (χ0n) is 11.3. The molecule has 0 amide bonds. The summed E-state index contributed by atoms with van der Waals surface area (Å²) in [7, 11) is 0. The van der Waals surface area contributed by atoms with E-state index in [1.165, 1.54) is 32.1 Å². The fourth-order valence-corrected chi connectivity index (χ4v) is 4.85. The molecule has 0 radical (unpaired) electrons. The second-order valence-electron chi connectivity index (χ2n) is 6.74. The summed E-state index contributed by atoms with van der Waals surface area (Å²) < 4.78 is 0. The van der Waals surface area contributed by atoms with Gasteiger partial charge >= 0.3 is 5.97 Å². The van der Waals surface area contributed by atoms with Crippen LogP contribution in [0.5, 0.6) is 0 Å². The fraction of sp³-hybridized carbons (Fsp3) is 0.933. The van der Waals surface area contributed by atoms with Crippen LogP contribution in [0.15, 0.2) is 0 Å². The van der Waals surface area contributed by atoms with Crippen molar-refractivity contribution in [1.29, 1.82) is 0 Å². The highest BCUT2D eigenvalue weighted by Gasteiger charge is 2.46. The number of fused-ring (bicyclic) bond motifs is 2. The van der Waals surface area contributed by atoms with E-state index >= 15 is 0 Å². The molecule has 1 saturated carbocycles. The summed E-state index contributed by atoms with van der Waals surface area (Å²) in [6, 6.07) is 2.19. The van der Waals surface area contributed by atoms with Gasteiger partial charge < -0.3 is 5.11 Å². The van der Waals surface area contributed by atoms with Crippen LogP contribution in [0.25, 0.3) is 0 Å². The first-order chi connectivity index (χ1) is 8.65. The third kappa shape index (κ3) is 2.18. The first-order valence-corrected chi connectivity index (χ1v) is 7.64. The molecule has 0 aromatic heterocycles. The van der Waals surface area contributed by atoms with Gasteiger partial charge in [0.15, 0.2) is 0 Å². The van der Waals surface area contributed by atoms with Crippen molar-refractivity contribution in [2.45, 2.75) is 76.4 Å². The third-order valence-corrected chi connectivity index (χ3v) is 5.55. The lowest BCUT2D eigenvalue weighted by Crippen LogP contribution is -2.50. The SMILES string of the molecule is CC1CCCC1N1C2CCC1CC(CC(=O)O)C2. The molecule has 1 N–H and O–H groups in total. The molecule has 2 bridgehead atoms. The second kappa shape index (κ2) is 4.84. The number of rotatable bonds is 3. The molecule has 102 valence electrons. The van der Waals surface area contributed by atoms with E-state index < -0.39 is 5.97 Å². The molecule has 4 atom stereocenters. The molecule has 3 nitrogen and oxygen atoms in total. The Kier molecular flexibility index (Phi) is 3.35. The lowest BCUT2D eigenvalue weighted by molar-refractivity contribution is -0.138.